The molecule has 19 heavy (non-hydrogen) atoms. The number of carbonyl (C=O) groups is 1. The molecule has 1 amide bonds. The van der Waals surface area contributed by atoms with Crippen LogP contribution in [0.15, 0.2) is 5.16 Å². The Kier molecular flexibility index (Phi) is 4.66. The van der Waals surface area contributed by atoms with Gasteiger partial charge in [0.05, 0.1) is 6.54 Å². The lowest BCUT2D eigenvalue weighted by Crippen LogP contribution is -2.47. The van der Waals surface area contributed by atoms with Gasteiger partial charge in [0.1, 0.15) is 0 Å². The minimum Gasteiger partial charge on any atom is -0.409 e. The summed E-state index contributed by atoms with van der Waals surface area (Å²) in [7, 11) is 0. The second-order valence-corrected chi connectivity index (χ2v) is 6.01. The van der Waals surface area contributed by atoms with Gasteiger partial charge in [-0.2, -0.15) is 0 Å². The minimum atomic E-state index is 0.130. The van der Waals surface area contributed by atoms with Gasteiger partial charge in [-0.15, -0.1) is 0 Å². The number of hydrogen-bond acceptors (Lipinski definition) is 3. The fraction of sp³-hybridized carbons (Fsp3) is 0.857. The van der Waals surface area contributed by atoms with Gasteiger partial charge in [-0.1, -0.05) is 31.3 Å². The van der Waals surface area contributed by atoms with Gasteiger partial charge in [0.2, 0.25) is 5.91 Å². The molecule has 2 atom stereocenters. The largest absolute Gasteiger partial charge is 0.409 e. The van der Waals surface area contributed by atoms with Gasteiger partial charge in [0.25, 0.3) is 0 Å². The molecule has 0 aliphatic heterocycles. The molecule has 0 heterocycles. The lowest BCUT2D eigenvalue weighted by atomic mass is 9.95. The third kappa shape index (κ3) is 3.19. The maximum absolute atomic E-state index is 12.7. The third-order valence-electron chi connectivity index (χ3n) is 4.69. The Morgan fingerprint density at radius 2 is 1.95 bits per heavy atom. The normalized spacial score (nSPS) is 28.8. The maximum atomic E-state index is 12.7. The van der Waals surface area contributed by atoms with E-state index in [0.29, 0.717) is 5.92 Å². The first-order chi connectivity index (χ1) is 9.13. The molecule has 2 saturated carbocycles. The van der Waals surface area contributed by atoms with Crippen LogP contribution < -0.4 is 5.73 Å². The second-order valence-electron chi connectivity index (χ2n) is 6.01. The number of carbonyl (C=O) groups excluding carboxylic acids is 1. The predicted molar refractivity (Wildman–Crippen MR) is 73.9 cm³/mol. The molecule has 0 radical (unpaired) electrons. The van der Waals surface area contributed by atoms with Crippen LogP contribution in [0.2, 0.25) is 0 Å². The number of oxime groups is 1. The van der Waals surface area contributed by atoms with E-state index in [9.17, 15) is 4.79 Å². The molecule has 2 unspecified atom stereocenters. The smallest absolute Gasteiger partial charge is 0.226 e. The zero-order valence-electron chi connectivity index (χ0n) is 11.7. The van der Waals surface area contributed by atoms with Gasteiger partial charge in [-0.25, -0.2) is 0 Å². The summed E-state index contributed by atoms with van der Waals surface area (Å²) in [6.45, 7) is 2.43. The summed E-state index contributed by atoms with van der Waals surface area (Å²) in [5.74, 6) is 0.935. The standard InChI is InChI=1S/C14H25N3O2/c1-10-5-4-8-12(10)14(18)17(9-13(15)16-19)11-6-2-3-7-11/h10-12,19H,2-9H2,1H3,(H2,15,16). The summed E-state index contributed by atoms with van der Waals surface area (Å²) in [6, 6.07) is 0.278. The summed E-state index contributed by atoms with van der Waals surface area (Å²) >= 11 is 0. The Morgan fingerprint density at radius 1 is 1.26 bits per heavy atom. The molecule has 0 aromatic heterocycles. The monoisotopic (exact) mass is 267 g/mol. The van der Waals surface area contributed by atoms with E-state index in [1.165, 1.54) is 12.8 Å². The number of amides is 1. The molecule has 2 aliphatic carbocycles. The molecule has 2 aliphatic rings. The van der Waals surface area contributed by atoms with Crippen molar-refractivity contribution >= 4 is 11.7 Å². The molecule has 0 spiro atoms. The topological polar surface area (TPSA) is 78.9 Å². The molecular formula is C14H25N3O2. The van der Waals surface area contributed by atoms with Crippen molar-refractivity contribution in [3.8, 4) is 0 Å². The highest BCUT2D eigenvalue weighted by Gasteiger charge is 2.36. The van der Waals surface area contributed by atoms with Crippen molar-refractivity contribution in [3.05, 3.63) is 0 Å². The molecule has 5 heteroatoms. The van der Waals surface area contributed by atoms with E-state index in [2.05, 4.69) is 12.1 Å². The third-order valence-corrected chi connectivity index (χ3v) is 4.69. The quantitative estimate of drug-likeness (QED) is 0.353. The molecule has 0 aromatic rings. The lowest BCUT2D eigenvalue weighted by Gasteiger charge is -2.32. The summed E-state index contributed by atoms with van der Waals surface area (Å²) in [5.41, 5.74) is 5.62. The van der Waals surface area contributed by atoms with Crippen LogP contribution in [0.4, 0.5) is 0 Å². The van der Waals surface area contributed by atoms with Crippen LogP contribution in [-0.4, -0.2) is 34.4 Å². The fourth-order valence-electron chi connectivity index (χ4n) is 3.53. The Hall–Kier alpha value is -1.26. The first-order valence-electron chi connectivity index (χ1n) is 7.40. The Labute approximate surface area is 114 Å². The zero-order chi connectivity index (χ0) is 13.8. The molecule has 0 aromatic carbocycles. The zero-order valence-corrected chi connectivity index (χ0v) is 11.7. The lowest BCUT2D eigenvalue weighted by molar-refractivity contribution is -0.138. The van der Waals surface area contributed by atoms with E-state index in [1.54, 1.807) is 0 Å². The van der Waals surface area contributed by atoms with Gasteiger partial charge in [0, 0.05) is 12.0 Å². The summed E-state index contributed by atoms with van der Waals surface area (Å²) in [4.78, 5) is 14.6. The van der Waals surface area contributed by atoms with Crippen molar-refractivity contribution in [2.45, 2.75) is 57.9 Å². The Bertz CT molecular complexity index is 351. The number of nitrogens with two attached hydrogens (primary N) is 1. The van der Waals surface area contributed by atoms with Crippen molar-refractivity contribution < 1.29 is 10.0 Å². The molecule has 2 rings (SSSR count). The summed E-state index contributed by atoms with van der Waals surface area (Å²) in [6.07, 6.45) is 7.70. The van der Waals surface area contributed by atoms with E-state index >= 15 is 0 Å². The highest BCUT2D eigenvalue weighted by molar-refractivity contribution is 5.88. The summed E-state index contributed by atoms with van der Waals surface area (Å²) in [5, 5.41) is 11.8. The van der Waals surface area contributed by atoms with Gasteiger partial charge in [0.15, 0.2) is 5.84 Å². The van der Waals surface area contributed by atoms with Crippen LogP contribution in [-0.2, 0) is 4.79 Å². The van der Waals surface area contributed by atoms with Crippen LogP contribution in [0, 0.1) is 11.8 Å². The maximum Gasteiger partial charge on any atom is 0.226 e. The average molecular weight is 267 g/mol. The first kappa shape index (κ1) is 14.2. The molecule has 0 saturated heterocycles. The predicted octanol–water partition coefficient (Wildman–Crippen LogP) is 1.94. The second kappa shape index (κ2) is 6.26. The SMILES string of the molecule is CC1CCCC1C(=O)N(CC(N)=NO)C1CCCC1. The van der Waals surface area contributed by atoms with E-state index < -0.39 is 0 Å². The van der Waals surface area contributed by atoms with Gasteiger partial charge in [-0.05, 0) is 31.6 Å². The number of hydrogen-bond donors (Lipinski definition) is 2. The number of nitrogens with zero attached hydrogens (tertiary/aromatic N) is 2. The van der Waals surface area contributed by atoms with Crippen molar-refractivity contribution in [1.82, 2.24) is 4.90 Å². The summed E-state index contributed by atoms with van der Waals surface area (Å²) < 4.78 is 0. The Balaban J connectivity index is 2.09. The minimum absolute atomic E-state index is 0.130. The van der Waals surface area contributed by atoms with Gasteiger partial charge in [-0.3, -0.25) is 4.79 Å². The highest BCUT2D eigenvalue weighted by Crippen LogP contribution is 2.34. The highest BCUT2D eigenvalue weighted by atomic mass is 16.4. The first-order valence-corrected chi connectivity index (χ1v) is 7.40. The fourth-order valence-corrected chi connectivity index (χ4v) is 3.53. The van der Waals surface area contributed by atoms with Crippen molar-refractivity contribution in [1.29, 1.82) is 0 Å². The average Bonchev–Trinajstić information content (AvgIpc) is 3.05. The van der Waals surface area contributed by atoms with E-state index in [1.807, 2.05) is 4.90 Å². The van der Waals surface area contributed by atoms with Crippen molar-refractivity contribution in [2.75, 3.05) is 6.54 Å². The van der Waals surface area contributed by atoms with Crippen LogP contribution in [0.5, 0.6) is 0 Å². The Morgan fingerprint density at radius 3 is 2.47 bits per heavy atom. The molecule has 2 fully saturated rings. The number of amidine groups is 1. The van der Waals surface area contributed by atoms with Crippen LogP contribution in [0.3, 0.4) is 0 Å². The van der Waals surface area contributed by atoms with Gasteiger partial charge < -0.3 is 15.8 Å². The van der Waals surface area contributed by atoms with E-state index in [-0.39, 0.29) is 30.2 Å². The van der Waals surface area contributed by atoms with Crippen LogP contribution in [0.25, 0.3) is 0 Å². The van der Waals surface area contributed by atoms with Crippen LogP contribution >= 0.6 is 0 Å². The molecular weight excluding hydrogens is 242 g/mol. The van der Waals surface area contributed by atoms with E-state index in [0.717, 1.165) is 32.1 Å². The van der Waals surface area contributed by atoms with Crippen LogP contribution in [0.1, 0.15) is 51.9 Å². The number of rotatable bonds is 4. The molecule has 3 N–H and O–H groups in total. The molecule has 5 nitrogen and oxygen atoms in total. The molecule has 0 bridgehead atoms. The van der Waals surface area contributed by atoms with E-state index in [4.69, 9.17) is 10.9 Å². The van der Waals surface area contributed by atoms with Crippen molar-refractivity contribution in [2.24, 2.45) is 22.7 Å². The van der Waals surface area contributed by atoms with Crippen molar-refractivity contribution in [3.63, 3.8) is 0 Å². The molecule has 108 valence electrons. The van der Waals surface area contributed by atoms with Gasteiger partial charge >= 0.3 is 0 Å².